The minimum Gasteiger partial charge on any atom is -0.297 e. The van der Waals surface area contributed by atoms with Gasteiger partial charge in [-0.3, -0.25) is 18.9 Å². The minimum absolute atomic E-state index is 0.119. The highest BCUT2D eigenvalue weighted by atomic mass is 16.2. The summed E-state index contributed by atoms with van der Waals surface area (Å²) < 4.78 is 3.41. The monoisotopic (exact) mass is 443 g/mol. The second-order valence-electron chi connectivity index (χ2n) is 8.37. The van der Waals surface area contributed by atoms with Gasteiger partial charge >= 0.3 is 5.69 Å². The number of benzene rings is 1. The van der Waals surface area contributed by atoms with Crippen LogP contribution in [0.3, 0.4) is 0 Å². The molecule has 1 saturated carbocycles. The van der Waals surface area contributed by atoms with Crippen LogP contribution in [0.25, 0.3) is 22.6 Å². The number of Topliss-reactive ketones (excluding diaryl/α,β-unsaturated/α-hetero) is 1. The summed E-state index contributed by atoms with van der Waals surface area (Å²) in [6.45, 7) is 2.55. The molecule has 3 aromatic heterocycles. The number of aromatic nitrogens is 7. The van der Waals surface area contributed by atoms with E-state index in [1.54, 1.807) is 15.3 Å². The van der Waals surface area contributed by atoms with E-state index in [2.05, 4.69) is 32.5 Å². The number of imidazole rings is 1. The molecular weight excluding hydrogens is 418 g/mol. The van der Waals surface area contributed by atoms with Crippen LogP contribution in [0.1, 0.15) is 49.9 Å². The molecule has 1 aromatic carbocycles. The van der Waals surface area contributed by atoms with Crippen LogP contribution in [0.5, 0.6) is 0 Å². The number of aryl methyl sites for hydroxylation is 1. The largest absolute Gasteiger partial charge is 0.329 e. The van der Waals surface area contributed by atoms with E-state index >= 15 is 0 Å². The van der Waals surface area contributed by atoms with Crippen molar-refractivity contribution in [1.29, 1.82) is 0 Å². The van der Waals surface area contributed by atoms with Gasteiger partial charge in [-0.2, -0.15) is 0 Å². The van der Waals surface area contributed by atoms with E-state index in [0.717, 1.165) is 53.8 Å². The Morgan fingerprint density at radius 2 is 1.97 bits per heavy atom. The molecule has 0 bridgehead atoms. The summed E-state index contributed by atoms with van der Waals surface area (Å²) in [6.07, 6.45) is 7.82. The topological polar surface area (TPSA) is 111 Å². The molecule has 33 heavy (non-hydrogen) atoms. The molecule has 0 saturated heterocycles. The van der Waals surface area contributed by atoms with E-state index in [0.29, 0.717) is 18.8 Å². The van der Waals surface area contributed by atoms with E-state index in [4.69, 9.17) is 0 Å². The van der Waals surface area contributed by atoms with Crippen molar-refractivity contribution in [2.75, 3.05) is 0 Å². The van der Waals surface area contributed by atoms with Crippen LogP contribution in [0, 0.1) is 0 Å². The minimum atomic E-state index is -0.304. The lowest BCUT2D eigenvalue weighted by Crippen LogP contribution is -2.36. The molecule has 5 rings (SSSR count). The Hall–Kier alpha value is -3.88. The Bertz CT molecular complexity index is 1320. The second-order valence-corrected chi connectivity index (χ2v) is 8.37. The normalized spacial score (nSPS) is 15.5. The molecule has 0 spiro atoms. The smallest absolute Gasteiger partial charge is 0.297 e. The quantitative estimate of drug-likeness (QED) is 0.448. The standard InChI is InChI=1S/C24H25N7O2/c1-2-3-6-17-15-31(21-11-12-22(21)32)24(33)30(17)14-16-9-10-20(25-13-16)18-7-4-5-8-19(18)23-26-28-29-27-23/h4-5,7-10,13,15,21H,2-3,6,11-12,14H2,1H3,(H,26,27,28,29). The number of tetrazole rings is 1. The average molecular weight is 444 g/mol. The van der Waals surface area contributed by atoms with Crippen LogP contribution in [0.2, 0.25) is 0 Å². The first-order valence-electron chi connectivity index (χ1n) is 11.3. The number of carbonyl (C=O) groups is 1. The number of nitrogens with zero attached hydrogens (tertiary/aromatic N) is 6. The van der Waals surface area contributed by atoms with E-state index < -0.39 is 0 Å². The first-order chi connectivity index (χ1) is 16.2. The molecule has 4 aromatic rings. The SMILES string of the molecule is CCCCc1cn(C2CCC2=O)c(=O)n1Cc1ccc(-c2ccccc2-c2nnn[nH]2)nc1. The van der Waals surface area contributed by atoms with Gasteiger partial charge < -0.3 is 0 Å². The molecule has 168 valence electrons. The molecule has 0 amide bonds. The van der Waals surface area contributed by atoms with E-state index in [1.807, 2.05) is 42.6 Å². The zero-order valence-electron chi connectivity index (χ0n) is 18.4. The lowest BCUT2D eigenvalue weighted by Gasteiger charge is -2.24. The van der Waals surface area contributed by atoms with Gasteiger partial charge in [-0.1, -0.05) is 43.7 Å². The molecule has 3 heterocycles. The zero-order valence-corrected chi connectivity index (χ0v) is 18.4. The predicted molar refractivity (Wildman–Crippen MR) is 123 cm³/mol. The molecule has 1 aliphatic carbocycles. The van der Waals surface area contributed by atoms with Gasteiger partial charge in [0.05, 0.1) is 18.3 Å². The molecule has 9 heteroatoms. The van der Waals surface area contributed by atoms with Crippen LogP contribution in [-0.4, -0.2) is 40.5 Å². The number of pyridine rings is 1. The molecule has 1 unspecified atom stereocenters. The third kappa shape index (κ3) is 4.02. The van der Waals surface area contributed by atoms with Gasteiger partial charge in [0.2, 0.25) is 0 Å². The summed E-state index contributed by atoms with van der Waals surface area (Å²) in [4.78, 5) is 29.8. The summed E-state index contributed by atoms with van der Waals surface area (Å²) in [6, 6.07) is 11.4. The average Bonchev–Trinajstić information content (AvgIpc) is 3.47. The predicted octanol–water partition coefficient (Wildman–Crippen LogP) is 3.19. The van der Waals surface area contributed by atoms with Crippen LogP contribution < -0.4 is 5.69 Å². The maximum Gasteiger partial charge on any atom is 0.329 e. The van der Waals surface area contributed by atoms with Gasteiger partial charge in [-0.15, -0.1) is 5.10 Å². The van der Waals surface area contributed by atoms with Gasteiger partial charge in [0.25, 0.3) is 0 Å². The van der Waals surface area contributed by atoms with Gasteiger partial charge in [0.15, 0.2) is 11.6 Å². The number of rotatable bonds is 8. The van der Waals surface area contributed by atoms with Gasteiger partial charge in [-0.05, 0) is 41.3 Å². The molecule has 0 aliphatic heterocycles. The first kappa shape index (κ1) is 21.0. The zero-order chi connectivity index (χ0) is 22.8. The van der Waals surface area contributed by atoms with Crippen molar-refractivity contribution in [3.05, 3.63) is 70.5 Å². The number of carbonyl (C=O) groups excluding carboxylic acids is 1. The molecular formula is C24H25N7O2. The van der Waals surface area contributed by atoms with Crippen molar-refractivity contribution in [1.82, 2.24) is 34.7 Å². The number of unbranched alkanes of at least 4 members (excludes halogenated alkanes) is 1. The number of aromatic amines is 1. The van der Waals surface area contributed by atoms with Gasteiger partial charge in [-0.25, -0.2) is 9.89 Å². The van der Waals surface area contributed by atoms with Crippen molar-refractivity contribution in [3.8, 4) is 22.6 Å². The Balaban J connectivity index is 1.44. The summed E-state index contributed by atoms with van der Waals surface area (Å²) in [5.41, 5.74) is 4.35. The maximum atomic E-state index is 13.1. The van der Waals surface area contributed by atoms with Gasteiger partial charge in [0.1, 0.15) is 0 Å². The lowest BCUT2D eigenvalue weighted by atomic mass is 9.91. The summed E-state index contributed by atoms with van der Waals surface area (Å²) in [5.74, 6) is 0.721. The fourth-order valence-electron chi connectivity index (χ4n) is 4.23. The fourth-order valence-corrected chi connectivity index (χ4v) is 4.23. The third-order valence-electron chi connectivity index (χ3n) is 6.21. The van der Waals surface area contributed by atoms with Crippen LogP contribution in [0.4, 0.5) is 0 Å². The van der Waals surface area contributed by atoms with Crippen molar-refractivity contribution in [2.24, 2.45) is 0 Å². The summed E-state index contributed by atoms with van der Waals surface area (Å²) in [5, 5.41) is 14.1. The fraction of sp³-hybridized carbons (Fsp3) is 0.333. The van der Waals surface area contributed by atoms with Crippen LogP contribution >= 0.6 is 0 Å². The Morgan fingerprint density at radius 1 is 1.12 bits per heavy atom. The molecule has 1 N–H and O–H groups in total. The van der Waals surface area contributed by atoms with Crippen molar-refractivity contribution >= 4 is 5.78 Å². The highest BCUT2D eigenvalue weighted by molar-refractivity contribution is 5.88. The third-order valence-corrected chi connectivity index (χ3v) is 6.21. The Morgan fingerprint density at radius 3 is 2.61 bits per heavy atom. The summed E-state index contributed by atoms with van der Waals surface area (Å²) in [7, 11) is 0. The maximum absolute atomic E-state index is 13.1. The summed E-state index contributed by atoms with van der Waals surface area (Å²) >= 11 is 0. The van der Waals surface area contributed by atoms with E-state index in [-0.39, 0.29) is 17.5 Å². The van der Waals surface area contributed by atoms with Crippen molar-refractivity contribution < 1.29 is 4.79 Å². The van der Waals surface area contributed by atoms with Crippen molar-refractivity contribution in [2.45, 2.75) is 51.6 Å². The van der Waals surface area contributed by atoms with E-state index in [9.17, 15) is 9.59 Å². The molecule has 0 radical (unpaired) electrons. The number of hydrogen-bond acceptors (Lipinski definition) is 6. The van der Waals surface area contributed by atoms with Crippen LogP contribution in [-0.2, 0) is 17.8 Å². The van der Waals surface area contributed by atoms with Crippen LogP contribution in [0.15, 0.2) is 53.6 Å². The molecule has 1 fully saturated rings. The molecule has 1 aliphatic rings. The molecule has 9 nitrogen and oxygen atoms in total. The highest BCUT2D eigenvalue weighted by Gasteiger charge is 2.32. The van der Waals surface area contributed by atoms with Gasteiger partial charge in [0, 0.05) is 35.6 Å². The highest BCUT2D eigenvalue weighted by Crippen LogP contribution is 2.29. The molecule has 1 atom stereocenters. The lowest BCUT2D eigenvalue weighted by molar-refractivity contribution is -0.128. The number of ketones is 1. The Kier molecular flexibility index (Phi) is 5.68. The number of hydrogen-bond donors (Lipinski definition) is 1. The van der Waals surface area contributed by atoms with Crippen molar-refractivity contribution in [3.63, 3.8) is 0 Å². The van der Waals surface area contributed by atoms with E-state index in [1.165, 1.54) is 0 Å². The second kappa shape index (κ2) is 8.93. The Labute approximate surface area is 190 Å². The number of nitrogens with one attached hydrogen (secondary N) is 1. The number of H-pyrrole nitrogens is 1. The first-order valence-corrected chi connectivity index (χ1v) is 11.3.